The molecule has 3 nitrogen and oxygen atoms in total. The number of benzene rings is 1. The molecule has 0 bridgehead atoms. The zero-order chi connectivity index (χ0) is 13.4. The molecule has 1 rings (SSSR count). The molecule has 0 aromatic heterocycles. The van der Waals surface area contributed by atoms with Crippen molar-refractivity contribution < 1.29 is 4.79 Å². The minimum Gasteiger partial charge on any atom is -0.326 e. The van der Waals surface area contributed by atoms with Crippen LogP contribution in [-0.4, -0.2) is 18.5 Å². The van der Waals surface area contributed by atoms with Crippen molar-refractivity contribution in [3.8, 4) is 0 Å². The Balaban J connectivity index is 2.29. The Morgan fingerprint density at radius 3 is 2.56 bits per heavy atom. The standard InChI is InChI=1S/C15H22N2O/c1-12(2)9-10-16-13(3)11-15(18)17-14-7-5-4-6-8-14/h4-9,13,16H,10-11H2,1-3H3,(H,17,18). The Bertz CT molecular complexity index is 394. The van der Waals surface area contributed by atoms with Crippen molar-refractivity contribution in [2.75, 3.05) is 11.9 Å². The lowest BCUT2D eigenvalue weighted by atomic mass is 10.2. The number of hydrogen-bond donors (Lipinski definition) is 2. The number of nitrogens with one attached hydrogen (secondary N) is 2. The molecule has 1 atom stereocenters. The first-order valence-electron chi connectivity index (χ1n) is 6.29. The smallest absolute Gasteiger partial charge is 0.225 e. The van der Waals surface area contributed by atoms with E-state index >= 15 is 0 Å². The van der Waals surface area contributed by atoms with E-state index in [1.807, 2.05) is 37.3 Å². The monoisotopic (exact) mass is 246 g/mol. The predicted octanol–water partition coefficient (Wildman–Crippen LogP) is 2.96. The third kappa shape index (κ3) is 6.21. The van der Waals surface area contributed by atoms with Gasteiger partial charge in [0.25, 0.3) is 0 Å². The van der Waals surface area contributed by atoms with E-state index in [1.165, 1.54) is 5.57 Å². The number of rotatable bonds is 6. The van der Waals surface area contributed by atoms with Crippen molar-refractivity contribution in [2.45, 2.75) is 33.2 Å². The Morgan fingerprint density at radius 2 is 1.94 bits per heavy atom. The van der Waals surface area contributed by atoms with Gasteiger partial charge < -0.3 is 10.6 Å². The molecule has 0 saturated heterocycles. The van der Waals surface area contributed by atoms with Crippen LogP contribution < -0.4 is 10.6 Å². The van der Waals surface area contributed by atoms with Crippen LogP contribution in [0.1, 0.15) is 27.2 Å². The molecule has 0 saturated carbocycles. The quantitative estimate of drug-likeness (QED) is 0.758. The molecule has 98 valence electrons. The summed E-state index contributed by atoms with van der Waals surface area (Å²) in [6, 6.07) is 9.69. The Labute approximate surface area is 109 Å². The van der Waals surface area contributed by atoms with Crippen molar-refractivity contribution in [1.29, 1.82) is 0 Å². The second-order valence-electron chi connectivity index (χ2n) is 4.71. The molecule has 1 amide bonds. The molecular formula is C15H22N2O. The highest BCUT2D eigenvalue weighted by molar-refractivity contribution is 5.90. The predicted molar refractivity (Wildman–Crippen MR) is 76.6 cm³/mol. The molecule has 0 aliphatic heterocycles. The van der Waals surface area contributed by atoms with E-state index < -0.39 is 0 Å². The summed E-state index contributed by atoms with van der Waals surface area (Å²) >= 11 is 0. The van der Waals surface area contributed by atoms with Crippen molar-refractivity contribution in [1.82, 2.24) is 5.32 Å². The molecule has 1 aromatic carbocycles. The minimum absolute atomic E-state index is 0.0402. The van der Waals surface area contributed by atoms with Gasteiger partial charge in [-0.2, -0.15) is 0 Å². The number of para-hydroxylation sites is 1. The van der Waals surface area contributed by atoms with Gasteiger partial charge in [-0.3, -0.25) is 4.79 Å². The van der Waals surface area contributed by atoms with Crippen LogP contribution in [-0.2, 0) is 4.79 Å². The molecule has 18 heavy (non-hydrogen) atoms. The maximum atomic E-state index is 11.8. The molecule has 3 heteroatoms. The number of carbonyl (C=O) groups excluding carboxylic acids is 1. The SMILES string of the molecule is CC(C)=CCNC(C)CC(=O)Nc1ccccc1. The van der Waals surface area contributed by atoms with Gasteiger partial charge in [-0.05, 0) is 32.9 Å². The molecular weight excluding hydrogens is 224 g/mol. The van der Waals surface area contributed by atoms with Crippen LogP contribution in [0.15, 0.2) is 42.0 Å². The summed E-state index contributed by atoms with van der Waals surface area (Å²) < 4.78 is 0. The number of carbonyl (C=O) groups is 1. The van der Waals surface area contributed by atoms with Crippen LogP contribution in [0.2, 0.25) is 0 Å². The van der Waals surface area contributed by atoms with E-state index in [4.69, 9.17) is 0 Å². The lowest BCUT2D eigenvalue weighted by molar-refractivity contribution is -0.116. The third-order valence-corrected chi connectivity index (χ3v) is 2.53. The molecule has 0 heterocycles. The number of hydrogen-bond acceptors (Lipinski definition) is 2. The fourth-order valence-electron chi connectivity index (χ4n) is 1.55. The van der Waals surface area contributed by atoms with Gasteiger partial charge in [0.05, 0.1) is 0 Å². The summed E-state index contributed by atoms with van der Waals surface area (Å²) in [5, 5.41) is 6.17. The van der Waals surface area contributed by atoms with Gasteiger partial charge in [-0.25, -0.2) is 0 Å². The second kappa shape index (κ2) is 7.67. The topological polar surface area (TPSA) is 41.1 Å². The Morgan fingerprint density at radius 1 is 1.28 bits per heavy atom. The van der Waals surface area contributed by atoms with Crippen LogP contribution in [0, 0.1) is 0 Å². The molecule has 1 aromatic rings. The first-order valence-corrected chi connectivity index (χ1v) is 6.29. The van der Waals surface area contributed by atoms with E-state index in [0.717, 1.165) is 12.2 Å². The highest BCUT2D eigenvalue weighted by Gasteiger charge is 2.07. The van der Waals surface area contributed by atoms with Crippen LogP contribution in [0.25, 0.3) is 0 Å². The van der Waals surface area contributed by atoms with Crippen LogP contribution in [0.3, 0.4) is 0 Å². The van der Waals surface area contributed by atoms with E-state index in [2.05, 4.69) is 30.6 Å². The van der Waals surface area contributed by atoms with Gasteiger partial charge in [-0.1, -0.05) is 29.8 Å². The Hall–Kier alpha value is -1.61. The highest BCUT2D eigenvalue weighted by atomic mass is 16.1. The summed E-state index contributed by atoms with van der Waals surface area (Å²) in [5.41, 5.74) is 2.13. The van der Waals surface area contributed by atoms with Gasteiger partial charge in [0, 0.05) is 24.7 Å². The molecule has 0 spiro atoms. The number of amides is 1. The van der Waals surface area contributed by atoms with E-state index in [-0.39, 0.29) is 11.9 Å². The van der Waals surface area contributed by atoms with Crippen LogP contribution in [0.4, 0.5) is 5.69 Å². The van der Waals surface area contributed by atoms with Crippen LogP contribution >= 0.6 is 0 Å². The second-order valence-corrected chi connectivity index (χ2v) is 4.71. The Kier molecular flexibility index (Phi) is 6.15. The third-order valence-electron chi connectivity index (χ3n) is 2.53. The first-order chi connectivity index (χ1) is 8.58. The lowest BCUT2D eigenvalue weighted by Crippen LogP contribution is -2.30. The van der Waals surface area contributed by atoms with Gasteiger partial charge in [0.2, 0.25) is 5.91 Å². The van der Waals surface area contributed by atoms with Gasteiger partial charge in [-0.15, -0.1) is 0 Å². The van der Waals surface area contributed by atoms with Crippen molar-refractivity contribution in [2.24, 2.45) is 0 Å². The molecule has 0 radical (unpaired) electrons. The molecule has 0 aliphatic rings. The fraction of sp³-hybridized carbons (Fsp3) is 0.400. The summed E-state index contributed by atoms with van der Waals surface area (Å²) in [6.45, 7) is 6.95. The molecule has 0 aliphatic carbocycles. The average Bonchev–Trinajstić information content (AvgIpc) is 2.29. The summed E-state index contributed by atoms with van der Waals surface area (Å²) in [6.07, 6.45) is 2.59. The molecule has 1 unspecified atom stereocenters. The van der Waals surface area contributed by atoms with Crippen molar-refractivity contribution in [3.05, 3.63) is 42.0 Å². The van der Waals surface area contributed by atoms with E-state index in [0.29, 0.717) is 6.42 Å². The van der Waals surface area contributed by atoms with E-state index in [1.54, 1.807) is 0 Å². The number of allylic oxidation sites excluding steroid dienone is 1. The number of anilines is 1. The normalized spacial score (nSPS) is 11.7. The minimum atomic E-state index is 0.0402. The molecule has 0 fully saturated rings. The zero-order valence-corrected chi connectivity index (χ0v) is 11.4. The lowest BCUT2D eigenvalue weighted by Gasteiger charge is -2.12. The maximum absolute atomic E-state index is 11.8. The van der Waals surface area contributed by atoms with Gasteiger partial charge in [0.15, 0.2) is 0 Å². The zero-order valence-electron chi connectivity index (χ0n) is 11.4. The fourth-order valence-corrected chi connectivity index (χ4v) is 1.55. The van der Waals surface area contributed by atoms with Crippen molar-refractivity contribution >= 4 is 11.6 Å². The average molecular weight is 246 g/mol. The van der Waals surface area contributed by atoms with E-state index in [9.17, 15) is 4.79 Å². The summed E-state index contributed by atoms with van der Waals surface area (Å²) in [4.78, 5) is 11.8. The molecule has 2 N–H and O–H groups in total. The van der Waals surface area contributed by atoms with Crippen LogP contribution in [0.5, 0.6) is 0 Å². The highest BCUT2D eigenvalue weighted by Crippen LogP contribution is 2.06. The van der Waals surface area contributed by atoms with Crippen molar-refractivity contribution in [3.63, 3.8) is 0 Å². The largest absolute Gasteiger partial charge is 0.326 e. The van der Waals surface area contributed by atoms with Gasteiger partial charge in [0.1, 0.15) is 0 Å². The maximum Gasteiger partial charge on any atom is 0.225 e. The first kappa shape index (κ1) is 14.5. The summed E-state index contributed by atoms with van der Waals surface area (Å²) in [5.74, 6) is 0.0402. The summed E-state index contributed by atoms with van der Waals surface area (Å²) in [7, 11) is 0. The van der Waals surface area contributed by atoms with Gasteiger partial charge >= 0.3 is 0 Å².